The van der Waals surface area contributed by atoms with Crippen molar-refractivity contribution in [3.63, 3.8) is 0 Å². The van der Waals surface area contributed by atoms with E-state index in [0.717, 1.165) is 155 Å². The highest BCUT2D eigenvalue weighted by molar-refractivity contribution is 5.91. The van der Waals surface area contributed by atoms with Crippen LogP contribution in [0.5, 0.6) is 46.0 Å². The first-order valence-electron chi connectivity index (χ1n) is 44.7. The highest BCUT2D eigenvalue weighted by Gasteiger charge is 2.32. The Labute approximate surface area is 710 Å². The summed E-state index contributed by atoms with van der Waals surface area (Å²) in [5.41, 5.74) is 3.97. The van der Waals surface area contributed by atoms with Crippen LogP contribution in [0.1, 0.15) is 307 Å². The molecule has 0 radical (unpaired) electrons. The summed E-state index contributed by atoms with van der Waals surface area (Å²) in [4.78, 5) is 48.9. The summed E-state index contributed by atoms with van der Waals surface area (Å²) in [7, 11) is 0. The summed E-state index contributed by atoms with van der Waals surface area (Å²) < 4.78 is 67.7. The normalized spacial score (nSPS) is 22.2. The van der Waals surface area contributed by atoms with Crippen LogP contribution in [0, 0.1) is 68.1 Å². The molecule has 660 valence electrons. The van der Waals surface area contributed by atoms with E-state index in [2.05, 4.69) is 34.6 Å². The molecule has 0 heterocycles. The van der Waals surface area contributed by atoms with Crippen molar-refractivity contribution in [2.75, 3.05) is 27.2 Å². The molecule has 16 heteroatoms. The summed E-state index contributed by atoms with van der Waals surface area (Å²) in [6, 6.07) is 44.0. The molecule has 16 nitrogen and oxygen atoms in total. The molecule has 6 fully saturated rings. The highest BCUT2D eigenvalue weighted by atomic mass is 16.7. The van der Waals surface area contributed by atoms with Crippen molar-refractivity contribution in [1.29, 1.82) is 0 Å². The Kier molecular flexibility index (Phi) is 54.1. The second-order valence-electron chi connectivity index (χ2n) is 30.3. The molecule has 0 unspecified atom stereocenters. The largest absolute Gasteiger partial charge is 0.468 e. The van der Waals surface area contributed by atoms with Crippen molar-refractivity contribution < 1.29 is 84.6 Å². The lowest BCUT2D eigenvalue weighted by atomic mass is 9.83. The zero-order chi connectivity index (χ0) is 85.4. The van der Waals surface area contributed by atoms with E-state index >= 15 is 0 Å². The third-order valence-electron chi connectivity index (χ3n) is 21.4. The van der Waals surface area contributed by atoms with Gasteiger partial charge in [-0.3, -0.25) is 14.4 Å². The van der Waals surface area contributed by atoms with Crippen molar-refractivity contribution in [3.05, 3.63) is 168 Å². The second kappa shape index (κ2) is 61.4. The molecule has 12 rings (SSSR count). The van der Waals surface area contributed by atoms with Crippen molar-refractivity contribution in [2.24, 2.45) is 47.3 Å². The molecule has 6 aliphatic rings. The lowest BCUT2D eigenvalue weighted by Gasteiger charge is -2.31. The van der Waals surface area contributed by atoms with Crippen LogP contribution < -0.4 is 37.9 Å². The van der Waals surface area contributed by atoms with Crippen molar-refractivity contribution >= 4 is 23.9 Å². The van der Waals surface area contributed by atoms with E-state index < -0.39 is 0 Å². The summed E-state index contributed by atoms with van der Waals surface area (Å²) in [6.07, 6.45) is 27.1. The number of esters is 4. The van der Waals surface area contributed by atoms with Gasteiger partial charge in [0.15, 0.2) is 6.79 Å². The minimum absolute atomic E-state index is 0. The van der Waals surface area contributed by atoms with Gasteiger partial charge in [0.05, 0.1) is 41.6 Å². The van der Waals surface area contributed by atoms with Crippen LogP contribution in [0.3, 0.4) is 0 Å². The van der Waals surface area contributed by atoms with Gasteiger partial charge in [-0.1, -0.05) is 171 Å². The molecular weight excluding hydrogens is 1460 g/mol. The first-order valence-corrected chi connectivity index (χ1v) is 44.7. The molecule has 0 atom stereocenters. The molecule has 116 heavy (non-hydrogen) atoms. The lowest BCUT2D eigenvalue weighted by Crippen LogP contribution is -2.32. The Morgan fingerprint density at radius 3 is 0.767 bits per heavy atom. The van der Waals surface area contributed by atoms with Crippen molar-refractivity contribution in [3.8, 4) is 46.0 Å². The SMILES string of the molecule is CC.CC.CC.CC.CC.CC.CC1CCC(OCOC2CCC(OC(=O)C3CCC(C)CC3)CC2)CC1.CC1CCC(OCOc2ccc(OC(=O)C3CCC(C)CC3)cc2)CC1.Cc1ccc(OCOc2ccc(OC(=O)C3CCC(C)CC3)cc2)cc1.Cc1ccc(OCOc2ccc(OC(=O)c3ccc(C)cc3)cc2)cc1.[HH].[HH].[HH].[HH].[HH].[HH]. The maximum Gasteiger partial charge on any atom is 0.343 e. The zero-order valence-electron chi connectivity index (χ0n) is 75.1. The van der Waals surface area contributed by atoms with E-state index in [1.54, 1.807) is 72.8 Å². The van der Waals surface area contributed by atoms with Gasteiger partial charge in [0.2, 0.25) is 13.6 Å². The van der Waals surface area contributed by atoms with Gasteiger partial charge in [-0.05, 0) is 314 Å². The molecular formula is C100H164O16. The maximum atomic E-state index is 12.4. The van der Waals surface area contributed by atoms with E-state index in [1.807, 2.05) is 177 Å². The molecule has 6 aromatic carbocycles. The van der Waals surface area contributed by atoms with Gasteiger partial charge >= 0.3 is 23.9 Å². The van der Waals surface area contributed by atoms with E-state index in [0.29, 0.717) is 53.3 Å². The number of carbonyl (C=O) groups is 4. The van der Waals surface area contributed by atoms with Gasteiger partial charge in [-0.25, -0.2) is 4.79 Å². The molecule has 6 aromatic rings. The van der Waals surface area contributed by atoms with Crippen LogP contribution in [0.4, 0.5) is 0 Å². The number of rotatable bonds is 24. The van der Waals surface area contributed by atoms with E-state index in [1.165, 1.54) is 62.5 Å². The first-order chi connectivity index (χ1) is 56.4. The summed E-state index contributed by atoms with van der Waals surface area (Å²) in [5, 5.41) is 0. The highest BCUT2D eigenvalue weighted by Crippen LogP contribution is 2.35. The Morgan fingerprint density at radius 2 is 0.466 bits per heavy atom. The Hall–Kier alpha value is -7.92. The number of ether oxygens (including phenoxy) is 12. The fourth-order valence-electron chi connectivity index (χ4n) is 14.0. The van der Waals surface area contributed by atoms with Crippen LogP contribution in [0.2, 0.25) is 0 Å². The summed E-state index contributed by atoms with van der Waals surface area (Å²) in [5.74, 6) is 8.73. The molecule has 0 saturated heterocycles. The van der Waals surface area contributed by atoms with Crippen molar-refractivity contribution in [2.45, 2.75) is 317 Å². The van der Waals surface area contributed by atoms with Gasteiger partial charge in [0.1, 0.15) is 58.9 Å². The minimum Gasteiger partial charge on any atom is -0.468 e. The topological polar surface area (TPSA) is 179 Å². The zero-order valence-corrected chi connectivity index (χ0v) is 75.1. The monoisotopic (exact) mass is 1620 g/mol. The predicted molar refractivity (Wildman–Crippen MR) is 484 cm³/mol. The smallest absolute Gasteiger partial charge is 0.343 e. The van der Waals surface area contributed by atoms with Gasteiger partial charge in [-0.15, -0.1) is 0 Å². The molecule has 0 spiro atoms. The van der Waals surface area contributed by atoms with E-state index in [4.69, 9.17) is 56.8 Å². The Morgan fingerprint density at radius 1 is 0.250 bits per heavy atom. The summed E-state index contributed by atoms with van der Waals surface area (Å²) >= 11 is 0. The number of benzene rings is 6. The van der Waals surface area contributed by atoms with Gasteiger partial charge in [0, 0.05) is 8.56 Å². The van der Waals surface area contributed by atoms with Gasteiger partial charge in [-0.2, -0.15) is 0 Å². The lowest BCUT2D eigenvalue weighted by molar-refractivity contribution is -0.163. The number of hydrogen-bond donors (Lipinski definition) is 0. The molecule has 6 saturated carbocycles. The van der Waals surface area contributed by atoms with Crippen LogP contribution in [-0.4, -0.2) is 75.5 Å². The maximum absolute atomic E-state index is 12.4. The third kappa shape index (κ3) is 41.5. The number of carbonyl (C=O) groups excluding carboxylic acids is 4. The third-order valence-corrected chi connectivity index (χ3v) is 21.4. The average Bonchev–Trinajstić information content (AvgIpc) is 0.883. The second-order valence-corrected chi connectivity index (χ2v) is 30.3. The standard InChI is InChI=1S/C22H38O4.C22H32O4.C22H26O4.C22H20O4.6C2H6.6H2/c4*1-16-3-7-18(8-4-16)22(23)26-21-13-11-20(12-14-21)25-15-24-19-9-5-17(2)6-10-19;6*1-2;;;;;;/h16-21H,3-15H2,1-2H3;11-14,16-19H,3-10,15H2,1-2H3;5-6,9-14,16,18H,3-4,7-8,15H2,1-2H3;3-14H,15H2,1-2H3;6*1-2H3;6*1H. The van der Waals surface area contributed by atoms with Crippen molar-refractivity contribution in [1.82, 2.24) is 0 Å². The van der Waals surface area contributed by atoms with E-state index in [9.17, 15) is 19.2 Å². The first kappa shape index (κ1) is 102. The molecule has 6 aliphatic carbocycles. The number of hydrogen-bond acceptors (Lipinski definition) is 16. The summed E-state index contributed by atoms with van der Waals surface area (Å²) in [6.45, 7) is 42.3. The Bertz CT molecular complexity index is 3460. The van der Waals surface area contributed by atoms with Crippen LogP contribution in [0.25, 0.3) is 0 Å². The number of aryl methyl sites for hydroxylation is 3. The molecule has 0 bridgehead atoms. The fraction of sp³-hybridized carbons (Fsp3) is 0.600. The predicted octanol–water partition coefficient (Wildman–Crippen LogP) is 28.3. The van der Waals surface area contributed by atoms with E-state index in [-0.39, 0.29) is 82.8 Å². The van der Waals surface area contributed by atoms with Crippen LogP contribution >= 0.6 is 0 Å². The van der Waals surface area contributed by atoms with Crippen LogP contribution in [-0.2, 0) is 33.3 Å². The minimum atomic E-state index is -0.388. The molecule has 0 aliphatic heterocycles. The van der Waals surface area contributed by atoms with Crippen LogP contribution in [0.15, 0.2) is 146 Å². The quantitative estimate of drug-likeness (QED) is 0.0317. The molecule has 0 amide bonds. The molecule has 0 aromatic heterocycles. The van der Waals surface area contributed by atoms with Gasteiger partial charge in [0.25, 0.3) is 0 Å². The molecule has 0 N–H and O–H groups in total. The van der Waals surface area contributed by atoms with Gasteiger partial charge < -0.3 is 56.8 Å². The Balaban J connectivity index is -0.000000718. The fourth-order valence-corrected chi connectivity index (χ4v) is 14.0. The average molecular weight is 1620 g/mol.